The molecule has 5 nitrogen and oxygen atoms in total. The Labute approximate surface area is 89.5 Å². The van der Waals surface area contributed by atoms with Gasteiger partial charge in [0, 0.05) is 6.42 Å². The second-order valence-electron chi connectivity index (χ2n) is 4.11. The van der Waals surface area contributed by atoms with Gasteiger partial charge in [0.05, 0.1) is 0 Å². The average Bonchev–Trinajstić information content (AvgIpc) is 2.15. The van der Waals surface area contributed by atoms with E-state index in [1.807, 2.05) is 0 Å². The first-order valence-corrected chi connectivity index (χ1v) is 6.23. The van der Waals surface area contributed by atoms with Gasteiger partial charge in [0.1, 0.15) is 6.04 Å². The van der Waals surface area contributed by atoms with Gasteiger partial charge in [0.15, 0.2) is 10.5 Å². The molecule has 1 aliphatic heterocycles. The van der Waals surface area contributed by atoms with Crippen LogP contribution in [0.25, 0.3) is 0 Å². The van der Waals surface area contributed by atoms with Crippen molar-refractivity contribution in [3.63, 3.8) is 0 Å². The minimum absolute atomic E-state index is 0.223. The summed E-state index contributed by atoms with van der Waals surface area (Å²) in [5.41, 5.74) is 0. The molecule has 6 heteroatoms. The number of hydrogen-bond donors (Lipinski definition) is 0. The van der Waals surface area contributed by atoms with Crippen LogP contribution in [0.4, 0.5) is 0 Å². The summed E-state index contributed by atoms with van der Waals surface area (Å²) >= 11 is 0. The monoisotopic (exact) mass is 233 g/mol. The number of rotatable bonds is 3. The van der Waals surface area contributed by atoms with Crippen LogP contribution < -0.4 is 0 Å². The van der Waals surface area contributed by atoms with Gasteiger partial charge >= 0.3 is 0 Å². The van der Waals surface area contributed by atoms with Crippen LogP contribution in [0.3, 0.4) is 0 Å². The number of nitrogens with zero attached hydrogens (tertiary/aromatic N) is 1. The molecule has 86 valence electrons. The zero-order valence-electron chi connectivity index (χ0n) is 9.27. The first kappa shape index (κ1) is 12.2. The molecule has 0 bridgehead atoms. The van der Waals surface area contributed by atoms with E-state index in [2.05, 4.69) is 0 Å². The highest BCUT2D eigenvalue weighted by Gasteiger charge is 2.62. The molecule has 0 aromatic rings. The Morgan fingerprint density at radius 3 is 2.27 bits per heavy atom. The summed E-state index contributed by atoms with van der Waals surface area (Å²) in [4.78, 5) is 22.9. The van der Waals surface area contributed by atoms with Crippen LogP contribution in [0.2, 0.25) is 0 Å². The number of sulfonamides is 1. The summed E-state index contributed by atoms with van der Waals surface area (Å²) < 4.78 is 22.7. The van der Waals surface area contributed by atoms with Crippen LogP contribution in [0, 0.1) is 0 Å². The van der Waals surface area contributed by atoms with Crippen LogP contribution in [0.5, 0.6) is 0 Å². The molecule has 1 aliphatic rings. The van der Waals surface area contributed by atoms with Crippen LogP contribution >= 0.6 is 0 Å². The van der Waals surface area contributed by atoms with Gasteiger partial charge < -0.3 is 0 Å². The van der Waals surface area contributed by atoms with Gasteiger partial charge in [-0.1, -0.05) is 6.92 Å². The molecule has 1 amide bonds. The largest absolute Gasteiger partial charge is 0.297 e. The normalized spacial score (nSPS) is 24.5. The van der Waals surface area contributed by atoms with Gasteiger partial charge in [-0.2, -0.15) is 0 Å². The molecule has 0 aromatic carbocycles. The summed E-state index contributed by atoms with van der Waals surface area (Å²) in [6.07, 6.45) is 0.223. The van der Waals surface area contributed by atoms with Crippen LogP contribution in [0.1, 0.15) is 34.1 Å². The summed E-state index contributed by atoms with van der Waals surface area (Å²) in [5.74, 6) is -0.751. The van der Waals surface area contributed by atoms with Gasteiger partial charge in [-0.3, -0.25) is 9.59 Å². The predicted octanol–water partition coefficient (Wildman–Crippen LogP) is 0.305. The van der Waals surface area contributed by atoms with E-state index in [-0.39, 0.29) is 12.2 Å². The first-order valence-electron chi connectivity index (χ1n) is 4.79. The fraction of sp³-hybridized carbons (Fsp3) is 0.778. The second kappa shape index (κ2) is 3.30. The number of ketones is 1. The van der Waals surface area contributed by atoms with Crippen molar-refractivity contribution in [3.8, 4) is 0 Å². The molecule has 15 heavy (non-hydrogen) atoms. The first-order chi connectivity index (χ1) is 6.67. The van der Waals surface area contributed by atoms with Crippen LogP contribution in [-0.2, 0) is 19.6 Å². The van der Waals surface area contributed by atoms with E-state index in [4.69, 9.17) is 0 Å². The van der Waals surface area contributed by atoms with Gasteiger partial charge in [0.25, 0.3) is 15.9 Å². The summed E-state index contributed by atoms with van der Waals surface area (Å²) in [7, 11) is -3.64. The zero-order valence-corrected chi connectivity index (χ0v) is 10.1. The van der Waals surface area contributed by atoms with Crippen molar-refractivity contribution in [2.24, 2.45) is 0 Å². The number of hydrogen-bond acceptors (Lipinski definition) is 4. The van der Waals surface area contributed by atoms with E-state index in [1.54, 1.807) is 6.92 Å². The second-order valence-corrected chi connectivity index (χ2v) is 6.48. The Bertz CT molecular complexity index is 410. The maximum atomic E-state index is 11.7. The lowest BCUT2D eigenvalue weighted by Crippen LogP contribution is -2.70. The molecular weight excluding hydrogens is 218 g/mol. The minimum atomic E-state index is -3.64. The van der Waals surface area contributed by atoms with Gasteiger partial charge in [-0.05, 0) is 20.8 Å². The Kier molecular flexibility index (Phi) is 2.67. The lowest BCUT2D eigenvalue weighted by atomic mass is 10.1. The van der Waals surface area contributed by atoms with Crippen molar-refractivity contribution in [3.05, 3.63) is 0 Å². The van der Waals surface area contributed by atoms with Gasteiger partial charge in [-0.15, -0.1) is 0 Å². The molecule has 0 spiro atoms. The molecule has 0 aromatic heterocycles. The predicted molar refractivity (Wildman–Crippen MR) is 54.6 cm³/mol. The summed E-state index contributed by atoms with van der Waals surface area (Å²) in [6.45, 7) is 5.78. The van der Waals surface area contributed by atoms with E-state index in [1.165, 1.54) is 20.8 Å². The smallest absolute Gasteiger partial charge is 0.259 e. The fourth-order valence-corrected chi connectivity index (χ4v) is 3.16. The van der Waals surface area contributed by atoms with Crippen LogP contribution in [0.15, 0.2) is 0 Å². The molecule has 0 radical (unpaired) electrons. The van der Waals surface area contributed by atoms with E-state index in [9.17, 15) is 18.0 Å². The molecule has 1 atom stereocenters. The lowest BCUT2D eigenvalue weighted by Gasteiger charge is -2.45. The highest BCUT2D eigenvalue weighted by atomic mass is 32.2. The molecule has 1 rings (SSSR count). The Balaban J connectivity index is 3.03. The van der Waals surface area contributed by atoms with E-state index in [0.29, 0.717) is 4.31 Å². The summed E-state index contributed by atoms with van der Waals surface area (Å²) in [5, 5.41) is 0. The van der Waals surface area contributed by atoms with Crippen molar-refractivity contribution in [1.29, 1.82) is 0 Å². The molecule has 1 heterocycles. The Morgan fingerprint density at radius 2 is 1.93 bits per heavy atom. The van der Waals surface area contributed by atoms with Gasteiger partial charge in [0.2, 0.25) is 0 Å². The number of Topliss-reactive ketones (excluding diaryl/α,β-unsaturated/α-hetero) is 1. The Morgan fingerprint density at radius 1 is 1.47 bits per heavy atom. The highest BCUT2D eigenvalue weighted by molar-refractivity contribution is 7.94. The molecule has 1 saturated heterocycles. The minimum Gasteiger partial charge on any atom is -0.297 e. The Hall–Kier alpha value is -0.910. The average molecular weight is 233 g/mol. The zero-order chi connectivity index (χ0) is 12.0. The molecular formula is C9H15NO4S. The maximum Gasteiger partial charge on any atom is 0.259 e. The molecule has 0 saturated carbocycles. The highest BCUT2D eigenvalue weighted by Crippen LogP contribution is 2.36. The van der Waals surface area contributed by atoms with Gasteiger partial charge in [-0.25, -0.2) is 12.7 Å². The quantitative estimate of drug-likeness (QED) is 0.703. The number of carbonyl (C=O) groups is 2. The SMILES string of the molecule is CCC(=O)C(C)N1C(=O)C(C)(C)S1(=O)=O. The summed E-state index contributed by atoms with van der Waals surface area (Å²) in [6, 6.07) is -0.875. The van der Waals surface area contributed by atoms with Crippen molar-refractivity contribution >= 4 is 21.7 Å². The fourth-order valence-electron chi connectivity index (χ4n) is 1.50. The van der Waals surface area contributed by atoms with Crippen molar-refractivity contribution in [2.45, 2.75) is 44.9 Å². The van der Waals surface area contributed by atoms with Crippen LogP contribution in [-0.4, -0.2) is 35.2 Å². The van der Waals surface area contributed by atoms with Crippen molar-refractivity contribution in [2.75, 3.05) is 0 Å². The number of carbonyl (C=O) groups excluding carboxylic acids is 2. The molecule has 1 unspecified atom stereocenters. The van der Waals surface area contributed by atoms with E-state index >= 15 is 0 Å². The third-order valence-corrected chi connectivity index (χ3v) is 5.25. The maximum absolute atomic E-state index is 11.7. The molecule has 0 N–H and O–H groups in total. The van der Waals surface area contributed by atoms with Crippen molar-refractivity contribution in [1.82, 2.24) is 4.31 Å². The topological polar surface area (TPSA) is 71.5 Å². The number of amides is 1. The standard InChI is InChI=1S/C9H15NO4S/c1-5-7(11)6(2)10-8(12)9(3,4)15(10,13)14/h6H,5H2,1-4H3. The molecule has 0 aliphatic carbocycles. The van der Waals surface area contributed by atoms with E-state index < -0.39 is 26.7 Å². The third-order valence-electron chi connectivity index (χ3n) is 2.79. The van der Waals surface area contributed by atoms with E-state index in [0.717, 1.165) is 0 Å². The third kappa shape index (κ3) is 1.39. The van der Waals surface area contributed by atoms with Crippen molar-refractivity contribution < 1.29 is 18.0 Å². The lowest BCUT2D eigenvalue weighted by molar-refractivity contribution is -0.138. The molecule has 1 fully saturated rings.